The lowest BCUT2D eigenvalue weighted by Gasteiger charge is -2.44. The van der Waals surface area contributed by atoms with Gasteiger partial charge in [0.15, 0.2) is 8.32 Å². The van der Waals surface area contributed by atoms with Crippen molar-refractivity contribution in [1.82, 2.24) is 4.98 Å². The van der Waals surface area contributed by atoms with Crippen LogP contribution in [-0.4, -0.2) is 13.3 Å². The molecule has 2 rings (SSSR count). The van der Waals surface area contributed by atoms with Crippen LogP contribution >= 0.6 is 23.2 Å². The molecule has 28 heavy (non-hydrogen) atoms. The predicted molar refractivity (Wildman–Crippen MR) is 125 cm³/mol. The average Bonchev–Trinajstić information content (AvgIpc) is 2.59. The molecule has 0 amide bonds. The van der Waals surface area contributed by atoms with Crippen molar-refractivity contribution < 1.29 is 4.43 Å². The normalized spacial score (nSPS) is 21.4. The summed E-state index contributed by atoms with van der Waals surface area (Å²) in [6, 6.07) is 3.39. The molecule has 1 unspecified atom stereocenters. The summed E-state index contributed by atoms with van der Waals surface area (Å²) in [6.45, 7) is 13.9. The van der Waals surface area contributed by atoms with Gasteiger partial charge in [-0.2, -0.15) is 0 Å². The number of halogens is 2. The van der Waals surface area contributed by atoms with E-state index in [2.05, 4.69) is 46.5 Å². The van der Waals surface area contributed by atoms with Gasteiger partial charge in [0.25, 0.3) is 0 Å². The molecule has 1 saturated carbocycles. The first-order chi connectivity index (χ1) is 13.2. The van der Waals surface area contributed by atoms with E-state index in [1.807, 2.05) is 0 Å². The highest BCUT2D eigenvalue weighted by Gasteiger charge is 2.37. The van der Waals surface area contributed by atoms with Crippen molar-refractivity contribution in [3.05, 3.63) is 28.0 Å². The van der Waals surface area contributed by atoms with Crippen molar-refractivity contribution in [2.24, 2.45) is 17.3 Å². The lowest BCUT2D eigenvalue weighted by molar-refractivity contribution is 0.0664. The molecule has 0 spiro atoms. The molecule has 1 aromatic rings. The first-order valence-electron chi connectivity index (χ1n) is 11.1. The molecule has 1 aliphatic rings. The summed E-state index contributed by atoms with van der Waals surface area (Å²) >= 11 is 13.0. The fourth-order valence-electron chi connectivity index (χ4n) is 4.56. The number of hydrogen-bond acceptors (Lipinski definition) is 2. The minimum absolute atomic E-state index is 0.00648. The molecular formula is C23H39Cl2NOSi. The highest BCUT2D eigenvalue weighted by Crippen LogP contribution is 2.47. The lowest BCUT2D eigenvalue weighted by Crippen LogP contribution is -2.37. The Hall–Kier alpha value is -0.0931. The second kappa shape index (κ2) is 10.3. The number of rotatable bonds is 10. The van der Waals surface area contributed by atoms with E-state index in [1.54, 1.807) is 12.4 Å². The van der Waals surface area contributed by atoms with Gasteiger partial charge in [-0.25, -0.2) is 0 Å². The largest absolute Gasteiger partial charge is 0.410 e. The van der Waals surface area contributed by atoms with Gasteiger partial charge < -0.3 is 4.43 Å². The number of aromatic nitrogens is 1. The Labute approximate surface area is 183 Å². The van der Waals surface area contributed by atoms with Crippen LogP contribution < -0.4 is 0 Å². The zero-order chi connectivity index (χ0) is 20.9. The Kier molecular flexibility index (Phi) is 8.88. The maximum absolute atomic E-state index is 6.88. The van der Waals surface area contributed by atoms with E-state index in [1.165, 1.54) is 25.7 Å². The number of hydrogen-bond donors (Lipinski definition) is 0. The Bertz CT molecular complexity index is 593. The van der Waals surface area contributed by atoms with Gasteiger partial charge in [-0.05, 0) is 54.6 Å². The van der Waals surface area contributed by atoms with Crippen LogP contribution in [0.2, 0.25) is 28.2 Å². The molecule has 0 radical (unpaired) electrons. The van der Waals surface area contributed by atoms with Crippen molar-refractivity contribution >= 4 is 31.5 Å². The molecule has 1 atom stereocenters. The van der Waals surface area contributed by atoms with Crippen LogP contribution in [0.3, 0.4) is 0 Å². The number of nitrogens with zero attached hydrogens (tertiary/aromatic N) is 1. The predicted octanol–water partition coefficient (Wildman–Crippen LogP) is 8.69. The quantitative estimate of drug-likeness (QED) is 0.337. The molecule has 2 nitrogen and oxygen atoms in total. The third-order valence-electron chi connectivity index (χ3n) is 7.08. The molecule has 0 bridgehead atoms. The standard InChI is InChI=1S/C23H39Cl2NOSi/c1-7-28(8-2,9-3)27-21(22-19(24)15-26-16-20(22)25)12-10-11-17-13-18(14-17)23(4,5)6/h15-18,21H,7-14H2,1-6H3. The van der Waals surface area contributed by atoms with Crippen LogP contribution in [0.1, 0.15) is 85.3 Å². The van der Waals surface area contributed by atoms with E-state index in [0.29, 0.717) is 15.5 Å². The maximum atomic E-state index is 6.88. The van der Waals surface area contributed by atoms with Gasteiger partial charge in [0, 0.05) is 18.0 Å². The van der Waals surface area contributed by atoms with Crippen LogP contribution in [0.15, 0.2) is 12.4 Å². The van der Waals surface area contributed by atoms with Crippen LogP contribution in [0, 0.1) is 17.3 Å². The Balaban J connectivity index is 2.05. The maximum Gasteiger partial charge on any atom is 0.192 e. The van der Waals surface area contributed by atoms with Crippen LogP contribution in [0.25, 0.3) is 0 Å². The van der Waals surface area contributed by atoms with Gasteiger partial charge in [-0.15, -0.1) is 0 Å². The van der Waals surface area contributed by atoms with Crippen molar-refractivity contribution in [1.29, 1.82) is 0 Å². The summed E-state index contributed by atoms with van der Waals surface area (Å²) in [7, 11) is -1.75. The third-order valence-corrected chi connectivity index (χ3v) is 12.3. The summed E-state index contributed by atoms with van der Waals surface area (Å²) in [5, 5.41) is 1.28. The molecule has 0 aliphatic heterocycles. The zero-order valence-corrected chi connectivity index (χ0v) is 21.2. The van der Waals surface area contributed by atoms with E-state index in [0.717, 1.165) is 42.0 Å². The second-order valence-corrected chi connectivity index (χ2v) is 15.2. The molecule has 1 aliphatic carbocycles. The minimum atomic E-state index is -1.75. The molecule has 0 aromatic carbocycles. The molecular weight excluding hydrogens is 405 g/mol. The highest BCUT2D eigenvalue weighted by molar-refractivity contribution is 6.73. The fraction of sp³-hybridized carbons (Fsp3) is 0.783. The molecule has 0 saturated heterocycles. The smallest absolute Gasteiger partial charge is 0.192 e. The van der Waals surface area contributed by atoms with Gasteiger partial charge in [0.05, 0.1) is 16.1 Å². The molecule has 0 N–H and O–H groups in total. The second-order valence-electron chi connectivity index (χ2n) is 9.70. The SMILES string of the molecule is CC[Si](CC)(CC)OC(CCCC1CC(C(C)(C)C)C1)c1c(Cl)cncc1Cl. The molecule has 1 fully saturated rings. The summed E-state index contributed by atoms with van der Waals surface area (Å²) in [5.74, 6) is 1.76. The van der Waals surface area contributed by atoms with Gasteiger partial charge in [0.1, 0.15) is 0 Å². The van der Waals surface area contributed by atoms with E-state index in [9.17, 15) is 0 Å². The molecule has 1 heterocycles. The van der Waals surface area contributed by atoms with Crippen LogP contribution in [0.4, 0.5) is 0 Å². The van der Waals surface area contributed by atoms with E-state index in [-0.39, 0.29) is 6.10 Å². The van der Waals surface area contributed by atoms with E-state index in [4.69, 9.17) is 27.6 Å². The number of pyridine rings is 1. The zero-order valence-electron chi connectivity index (χ0n) is 18.7. The Morgan fingerprint density at radius 2 is 1.61 bits per heavy atom. The highest BCUT2D eigenvalue weighted by atomic mass is 35.5. The first kappa shape index (κ1) is 24.2. The van der Waals surface area contributed by atoms with Crippen molar-refractivity contribution in [3.8, 4) is 0 Å². The van der Waals surface area contributed by atoms with Crippen molar-refractivity contribution in [3.63, 3.8) is 0 Å². The van der Waals surface area contributed by atoms with Crippen LogP contribution in [0.5, 0.6) is 0 Å². The summed E-state index contributed by atoms with van der Waals surface area (Å²) < 4.78 is 6.88. The monoisotopic (exact) mass is 443 g/mol. The molecule has 1 aromatic heterocycles. The van der Waals surface area contributed by atoms with E-state index >= 15 is 0 Å². The Morgan fingerprint density at radius 3 is 2.07 bits per heavy atom. The lowest BCUT2D eigenvalue weighted by atomic mass is 9.62. The van der Waals surface area contributed by atoms with E-state index < -0.39 is 8.32 Å². The van der Waals surface area contributed by atoms with Crippen molar-refractivity contribution in [2.75, 3.05) is 0 Å². The van der Waals surface area contributed by atoms with Crippen molar-refractivity contribution in [2.45, 2.75) is 97.9 Å². The van der Waals surface area contributed by atoms with Gasteiger partial charge in [0.2, 0.25) is 0 Å². The topological polar surface area (TPSA) is 22.1 Å². The fourth-order valence-corrected chi connectivity index (χ4v) is 8.01. The Morgan fingerprint density at radius 1 is 1.07 bits per heavy atom. The molecule has 5 heteroatoms. The summed E-state index contributed by atoms with van der Waals surface area (Å²) in [5.41, 5.74) is 1.40. The van der Waals surface area contributed by atoms with Gasteiger partial charge >= 0.3 is 0 Å². The summed E-state index contributed by atoms with van der Waals surface area (Å²) in [6.07, 6.45) is 9.60. The average molecular weight is 445 g/mol. The first-order valence-corrected chi connectivity index (χ1v) is 14.4. The van der Waals surface area contributed by atoms with Gasteiger partial charge in [-0.1, -0.05) is 77.6 Å². The summed E-state index contributed by atoms with van der Waals surface area (Å²) in [4.78, 5) is 4.14. The minimum Gasteiger partial charge on any atom is -0.410 e. The van der Waals surface area contributed by atoms with Gasteiger partial charge in [-0.3, -0.25) is 4.98 Å². The third kappa shape index (κ3) is 5.96. The molecule has 160 valence electrons. The van der Waals surface area contributed by atoms with Crippen LogP contribution in [-0.2, 0) is 4.43 Å².